The number of rotatable bonds is 7. The van der Waals surface area contributed by atoms with Crippen molar-refractivity contribution in [2.45, 2.75) is 12.5 Å². The first-order valence-electron chi connectivity index (χ1n) is 9.54. The fraction of sp³-hybridized carbons (Fsp3) is 0.182. The van der Waals surface area contributed by atoms with Crippen LogP contribution in [-0.2, 0) is 11.2 Å². The van der Waals surface area contributed by atoms with Gasteiger partial charge in [-0.3, -0.25) is 9.59 Å². The number of hydrazone groups is 1. The zero-order chi connectivity index (χ0) is 23.4. The molecule has 3 aromatic rings. The van der Waals surface area contributed by atoms with Crippen molar-refractivity contribution < 1.29 is 24.2 Å². The predicted octanol–water partition coefficient (Wildman–Crippen LogP) is 1.28. The molecule has 32 heavy (non-hydrogen) atoms. The fourth-order valence-corrected chi connectivity index (χ4v) is 2.93. The van der Waals surface area contributed by atoms with Crippen LogP contribution in [0, 0.1) is 0 Å². The average Bonchev–Trinajstić information content (AvgIpc) is 2.74. The first-order valence-corrected chi connectivity index (χ1v) is 9.54. The number of carboxylic acid groups (broad SMARTS) is 1. The number of carbonyl (C=O) groups is 2. The van der Waals surface area contributed by atoms with Crippen LogP contribution in [0.2, 0.25) is 0 Å². The van der Waals surface area contributed by atoms with Crippen molar-refractivity contribution in [3.05, 3.63) is 69.6 Å². The number of phenols is 1. The maximum Gasteiger partial charge on any atom is 0.349 e. The average molecular weight is 438 g/mol. The number of aromatic hydroxyl groups is 1. The molecule has 5 N–H and O–H groups in total. The highest BCUT2D eigenvalue weighted by molar-refractivity contribution is 5.97. The molecule has 1 heterocycles. The van der Waals surface area contributed by atoms with E-state index in [1.807, 2.05) is 25.1 Å². The molecule has 0 saturated heterocycles. The normalized spacial score (nSPS) is 12.1. The highest BCUT2D eigenvalue weighted by Crippen LogP contribution is 2.21. The summed E-state index contributed by atoms with van der Waals surface area (Å²) in [5.74, 6) is -2.05. The lowest BCUT2D eigenvalue weighted by molar-refractivity contribution is -0.138. The van der Waals surface area contributed by atoms with E-state index in [9.17, 15) is 19.5 Å². The van der Waals surface area contributed by atoms with Crippen LogP contribution < -0.4 is 21.7 Å². The minimum absolute atomic E-state index is 0.0521. The summed E-state index contributed by atoms with van der Waals surface area (Å²) in [6.45, 7) is 0. The van der Waals surface area contributed by atoms with Crippen LogP contribution in [0.15, 0.2) is 56.8 Å². The van der Waals surface area contributed by atoms with Crippen LogP contribution in [0.5, 0.6) is 5.75 Å². The lowest BCUT2D eigenvalue weighted by Crippen LogP contribution is -2.32. The molecule has 166 valence electrons. The molecule has 0 spiro atoms. The highest BCUT2D eigenvalue weighted by atomic mass is 16.4. The predicted molar refractivity (Wildman–Crippen MR) is 119 cm³/mol. The quantitative estimate of drug-likeness (QED) is 0.244. The summed E-state index contributed by atoms with van der Waals surface area (Å²) in [5, 5.41) is 23.2. The van der Waals surface area contributed by atoms with Gasteiger partial charge in [-0.1, -0.05) is 6.07 Å². The van der Waals surface area contributed by atoms with Crippen LogP contribution >= 0.6 is 0 Å². The number of aliphatic carboxylic acids is 1. The second-order valence-corrected chi connectivity index (χ2v) is 7.31. The Morgan fingerprint density at radius 2 is 1.97 bits per heavy atom. The molecule has 10 heteroatoms. The Kier molecular flexibility index (Phi) is 6.55. The van der Waals surface area contributed by atoms with Crippen LogP contribution in [-0.4, -0.2) is 48.4 Å². The molecule has 1 aromatic heterocycles. The number of anilines is 1. The second-order valence-electron chi connectivity index (χ2n) is 7.31. The number of nitrogens with zero attached hydrogens (tertiary/aromatic N) is 2. The highest BCUT2D eigenvalue weighted by Gasteiger charge is 2.15. The van der Waals surface area contributed by atoms with E-state index in [1.54, 1.807) is 12.1 Å². The molecule has 0 radical (unpaired) electrons. The maximum atomic E-state index is 12.4. The summed E-state index contributed by atoms with van der Waals surface area (Å²) in [5.41, 5.74) is 8.71. The number of hydrogen-bond donors (Lipinski definition) is 4. The van der Waals surface area contributed by atoms with Crippen molar-refractivity contribution in [3.63, 3.8) is 0 Å². The van der Waals surface area contributed by atoms with Crippen molar-refractivity contribution in [1.82, 2.24) is 5.43 Å². The van der Waals surface area contributed by atoms with Gasteiger partial charge in [-0.05, 0) is 42.3 Å². The Bertz CT molecular complexity index is 1270. The SMILES string of the molecule is CN(C)c1ccc2cc(C(=O)N/N=C/c3cc(CC(N)C(=O)O)ccc3O)c(=O)oc2c1. The van der Waals surface area contributed by atoms with E-state index in [-0.39, 0.29) is 23.3 Å². The number of hydrogen-bond acceptors (Lipinski definition) is 8. The minimum Gasteiger partial charge on any atom is -0.507 e. The number of carboxylic acids is 1. The zero-order valence-electron chi connectivity index (χ0n) is 17.4. The summed E-state index contributed by atoms with van der Waals surface area (Å²) in [6, 6.07) is 9.99. The molecular formula is C22H22N4O6. The van der Waals surface area contributed by atoms with Gasteiger partial charge < -0.3 is 25.3 Å². The molecule has 0 bridgehead atoms. The monoisotopic (exact) mass is 438 g/mol. The molecular weight excluding hydrogens is 416 g/mol. The largest absolute Gasteiger partial charge is 0.507 e. The summed E-state index contributed by atoms with van der Waals surface area (Å²) >= 11 is 0. The van der Waals surface area contributed by atoms with E-state index in [0.717, 1.165) is 5.69 Å². The topological polar surface area (TPSA) is 158 Å². The van der Waals surface area contributed by atoms with Crippen molar-refractivity contribution in [2.75, 3.05) is 19.0 Å². The van der Waals surface area contributed by atoms with Crippen molar-refractivity contribution >= 4 is 34.7 Å². The van der Waals surface area contributed by atoms with Gasteiger partial charge in [-0.15, -0.1) is 0 Å². The summed E-state index contributed by atoms with van der Waals surface area (Å²) in [7, 11) is 3.71. The van der Waals surface area contributed by atoms with Gasteiger partial charge in [-0.2, -0.15) is 5.10 Å². The third-order valence-corrected chi connectivity index (χ3v) is 4.72. The lowest BCUT2D eigenvalue weighted by Gasteiger charge is -2.12. The maximum absolute atomic E-state index is 12.4. The summed E-state index contributed by atoms with van der Waals surface area (Å²) in [6.07, 6.45) is 1.23. The Labute approximate surface area is 182 Å². The Morgan fingerprint density at radius 1 is 1.22 bits per heavy atom. The number of nitrogens with one attached hydrogen (secondary N) is 1. The smallest absolute Gasteiger partial charge is 0.349 e. The number of benzene rings is 2. The van der Waals surface area contributed by atoms with Crippen molar-refractivity contribution in [2.24, 2.45) is 10.8 Å². The van der Waals surface area contributed by atoms with Gasteiger partial charge in [0.2, 0.25) is 0 Å². The lowest BCUT2D eigenvalue weighted by atomic mass is 10.0. The number of phenolic OH excluding ortho intramolecular Hbond substituents is 1. The van der Waals surface area contributed by atoms with E-state index in [2.05, 4.69) is 10.5 Å². The molecule has 3 rings (SSSR count). The molecule has 10 nitrogen and oxygen atoms in total. The molecule has 0 aliphatic rings. The van der Waals surface area contributed by atoms with Crippen LogP contribution in [0.25, 0.3) is 11.0 Å². The summed E-state index contributed by atoms with van der Waals surface area (Å²) in [4.78, 5) is 37.4. The van der Waals surface area contributed by atoms with E-state index < -0.39 is 23.5 Å². The van der Waals surface area contributed by atoms with Crippen LogP contribution in [0.3, 0.4) is 0 Å². The number of nitrogens with two attached hydrogens (primary N) is 1. The first-order chi connectivity index (χ1) is 15.2. The Hall–Kier alpha value is -4.18. The van der Waals surface area contributed by atoms with Gasteiger partial charge >= 0.3 is 11.6 Å². The summed E-state index contributed by atoms with van der Waals surface area (Å²) < 4.78 is 5.27. The Morgan fingerprint density at radius 3 is 2.66 bits per heavy atom. The van der Waals surface area contributed by atoms with Gasteiger partial charge in [0.25, 0.3) is 5.91 Å². The van der Waals surface area contributed by atoms with Gasteiger partial charge in [0.15, 0.2) is 0 Å². The van der Waals surface area contributed by atoms with E-state index in [0.29, 0.717) is 16.5 Å². The van der Waals surface area contributed by atoms with Gasteiger partial charge in [0.1, 0.15) is 22.9 Å². The van der Waals surface area contributed by atoms with Gasteiger partial charge in [-0.25, -0.2) is 10.2 Å². The molecule has 2 aromatic carbocycles. The zero-order valence-corrected chi connectivity index (χ0v) is 17.4. The first kappa shape index (κ1) is 22.5. The van der Waals surface area contributed by atoms with E-state index in [4.69, 9.17) is 15.3 Å². The fourth-order valence-electron chi connectivity index (χ4n) is 2.93. The van der Waals surface area contributed by atoms with E-state index in [1.165, 1.54) is 30.5 Å². The van der Waals surface area contributed by atoms with E-state index >= 15 is 0 Å². The molecule has 0 aliphatic heterocycles. The molecule has 1 unspecified atom stereocenters. The number of fused-ring (bicyclic) bond motifs is 1. The van der Waals surface area contributed by atoms with Crippen LogP contribution in [0.1, 0.15) is 21.5 Å². The third kappa shape index (κ3) is 5.10. The number of carbonyl (C=O) groups excluding carboxylic acids is 1. The van der Waals surface area contributed by atoms with Gasteiger partial charge in [0, 0.05) is 36.8 Å². The molecule has 1 amide bonds. The molecule has 1 atom stereocenters. The second kappa shape index (κ2) is 9.31. The molecule has 0 aliphatic carbocycles. The standard InChI is InChI=1S/C22H22N4O6/c1-26(2)15-5-4-13-9-16(22(31)32-19(13)10-15)20(28)25-24-11-14-7-12(3-6-18(14)27)8-17(23)21(29)30/h3-7,9-11,17,27H,8,23H2,1-2H3,(H,25,28)(H,29,30)/b24-11+. The number of amides is 1. The minimum atomic E-state index is -1.15. The van der Waals surface area contributed by atoms with Gasteiger partial charge in [0.05, 0.1) is 6.21 Å². The van der Waals surface area contributed by atoms with Crippen LogP contribution in [0.4, 0.5) is 5.69 Å². The third-order valence-electron chi connectivity index (χ3n) is 4.72. The Balaban J connectivity index is 1.77. The molecule has 0 fully saturated rings. The van der Waals surface area contributed by atoms with Crippen molar-refractivity contribution in [1.29, 1.82) is 0 Å². The molecule has 0 saturated carbocycles. The van der Waals surface area contributed by atoms with Crippen molar-refractivity contribution in [3.8, 4) is 5.75 Å².